The predicted molar refractivity (Wildman–Crippen MR) is 59.9 cm³/mol. The van der Waals surface area contributed by atoms with E-state index < -0.39 is 0 Å². The number of hydrogen-bond donors (Lipinski definition) is 0. The molecule has 0 unspecified atom stereocenters. The van der Waals surface area contributed by atoms with Crippen LogP contribution in [0, 0.1) is 0 Å². The van der Waals surface area contributed by atoms with Crippen molar-refractivity contribution >= 4 is 55.2 Å². The van der Waals surface area contributed by atoms with Crippen LogP contribution in [0.25, 0.3) is 10.1 Å². The molecule has 1 aromatic carbocycles. The SMILES string of the molecule is O=Cc1cc2sc(Cl)cc2cc1Br. The lowest BCUT2D eigenvalue weighted by Crippen LogP contribution is -1.79. The smallest absolute Gasteiger partial charge is 0.151 e. The van der Waals surface area contributed by atoms with E-state index in [0.29, 0.717) is 5.56 Å². The Balaban J connectivity index is 2.79. The summed E-state index contributed by atoms with van der Waals surface area (Å²) in [6, 6.07) is 5.63. The van der Waals surface area contributed by atoms with Crippen molar-refractivity contribution in [1.82, 2.24) is 0 Å². The lowest BCUT2D eigenvalue weighted by atomic mass is 10.2. The van der Waals surface area contributed by atoms with Crippen LogP contribution in [0.4, 0.5) is 0 Å². The fraction of sp³-hybridized carbons (Fsp3) is 0. The molecule has 0 aliphatic heterocycles. The first-order valence-electron chi connectivity index (χ1n) is 3.54. The molecule has 0 aliphatic carbocycles. The third-order valence-electron chi connectivity index (χ3n) is 1.73. The van der Waals surface area contributed by atoms with E-state index in [2.05, 4.69) is 15.9 Å². The van der Waals surface area contributed by atoms with Crippen molar-refractivity contribution in [3.8, 4) is 0 Å². The number of thiophene rings is 1. The summed E-state index contributed by atoms with van der Waals surface area (Å²) in [4.78, 5) is 10.6. The van der Waals surface area contributed by atoms with Gasteiger partial charge in [-0.1, -0.05) is 27.5 Å². The molecule has 0 N–H and O–H groups in total. The number of aldehydes is 1. The number of halogens is 2. The van der Waals surface area contributed by atoms with E-state index in [1.807, 2.05) is 18.2 Å². The van der Waals surface area contributed by atoms with Crippen LogP contribution in [0.2, 0.25) is 4.34 Å². The molecule has 0 saturated carbocycles. The van der Waals surface area contributed by atoms with Gasteiger partial charge in [-0.3, -0.25) is 4.79 Å². The Bertz CT molecular complexity index is 478. The molecular weight excluding hydrogens is 272 g/mol. The zero-order valence-corrected chi connectivity index (χ0v) is 9.54. The van der Waals surface area contributed by atoms with Gasteiger partial charge in [-0.2, -0.15) is 0 Å². The van der Waals surface area contributed by atoms with E-state index in [1.165, 1.54) is 11.3 Å². The average molecular weight is 276 g/mol. The van der Waals surface area contributed by atoms with Crippen LogP contribution in [-0.2, 0) is 0 Å². The molecule has 1 heterocycles. The second kappa shape index (κ2) is 3.40. The van der Waals surface area contributed by atoms with Crippen molar-refractivity contribution in [1.29, 1.82) is 0 Å². The zero-order chi connectivity index (χ0) is 9.42. The van der Waals surface area contributed by atoms with Crippen LogP contribution in [0.3, 0.4) is 0 Å². The van der Waals surface area contributed by atoms with E-state index in [9.17, 15) is 4.79 Å². The third-order valence-corrected chi connectivity index (χ3v) is 3.65. The Morgan fingerprint density at radius 1 is 1.38 bits per heavy atom. The Kier molecular flexibility index (Phi) is 2.41. The van der Waals surface area contributed by atoms with Gasteiger partial charge in [-0.15, -0.1) is 11.3 Å². The molecule has 0 radical (unpaired) electrons. The summed E-state index contributed by atoms with van der Waals surface area (Å²) in [6.07, 6.45) is 0.831. The van der Waals surface area contributed by atoms with E-state index in [1.54, 1.807) is 0 Å². The summed E-state index contributed by atoms with van der Waals surface area (Å²) >= 11 is 10.6. The highest BCUT2D eigenvalue weighted by Gasteiger charge is 2.04. The van der Waals surface area contributed by atoms with Crippen molar-refractivity contribution in [2.24, 2.45) is 0 Å². The van der Waals surface area contributed by atoms with Gasteiger partial charge in [0.1, 0.15) is 0 Å². The van der Waals surface area contributed by atoms with Crippen LogP contribution in [0.5, 0.6) is 0 Å². The molecule has 0 saturated heterocycles. The average Bonchev–Trinajstić information content (AvgIpc) is 2.42. The van der Waals surface area contributed by atoms with E-state index >= 15 is 0 Å². The number of benzene rings is 1. The van der Waals surface area contributed by atoms with Gasteiger partial charge in [0.25, 0.3) is 0 Å². The monoisotopic (exact) mass is 274 g/mol. The van der Waals surface area contributed by atoms with Crippen LogP contribution in [0.1, 0.15) is 10.4 Å². The van der Waals surface area contributed by atoms with Gasteiger partial charge in [0, 0.05) is 14.7 Å². The quantitative estimate of drug-likeness (QED) is 0.715. The van der Waals surface area contributed by atoms with Gasteiger partial charge in [-0.25, -0.2) is 0 Å². The maximum Gasteiger partial charge on any atom is 0.151 e. The van der Waals surface area contributed by atoms with E-state index in [4.69, 9.17) is 11.6 Å². The van der Waals surface area contributed by atoms with Crippen molar-refractivity contribution < 1.29 is 4.79 Å². The highest BCUT2D eigenvalue weighted by molar-refractivity contribution is 9.10. The van der Waals surface area contributed by atoms with Crippen molar-refractivity contribution in [2.45, 2.75) is 0 Å². The van der Waals surface area contributed by atoms with Gasteiger partial charge in [0.05, 0.1) is 4.34 Å². The lowest BCUT2D eigenvalue weighted by Gasteiger charge is -1.95. The van der Waals surface area contributed by atoms with Crippen molar-refractivity contribution in [2.75, 3.05) is 0 Å². The lowest BCUT2D eigenvalue weighted by molar-refractivity contribution is 0.112. The number of carbonyl (C=O) groups is 1. The van der Waals surface area contributed by atoms with E-state index in [0.717, 1.165) is 25.2 Å². The fourth-order valence-electron chi connectivity index (χ4n) is 1.13. The number of carbonyl (C=O) groups excluding carboxylic acids is 1. The Labute approximate surface area is 92.5 Å². The topological polar surface area (TPSA) is 17.1 Å². The third kappa shape index (κ3) is 1.64. The Hall–Kier alpha value is -0.380. The molecule has 1 aromatic heterocycles. The largest absolute Gasteiger partial charge is 0.298 e. The fourth-order valence-corrected chi connectivity index (χ4v) is 2.77. The summed E-state index contributed by atoms with van der Waals surface area (Å²) in [5.74, 6) is 0. The molecule has 66 valence electrons. The maximum atomic E-state index is 10.6. The molecule has 2 aromatic rings. The summed E-state index contributed by atoms with van der Waals surface area (Å²) in [6.45, 7) is 0. The maximum absolute atomic E-state index is 10.6. The summed E-state index contributed by atoms with van der Waals surface area (Å²) < 4.78 is 2.59. The summed E-state index contributed by atoms with van der Waals surface area (Å²) in [5.41, 5.74) is 0.658. The molecule has 13 heavy (non-hydrogen) atoms. The van der Waals surface area contributed by atoms with Crippen LogP contribution < -0.4 is 0 Å². The molecule has 0 fully saturated rings. The molecule has 0 spiro atoms. The van der Waals surface area contributed by atoms with Gasteiger partial charge in [-0.05, 0) is 23.6 Å². The van der Waals surface area contributed by atoms with Crippen molar-refractivity contribution in [3.05, 3.63) is 32.6 Å². The van der Waals surface area contributed by atoms with Crippen LogP contribution in [0.15, 0.2) is 22.7 Å². The predicted octanol–water partition coefficient (Wildman–Crippen LogP) is 4.13. The van der Waals surface area contributed by atoms with E-state index in [-0.39, 0.29) is 0 Å². The molecule has 4 heteroatoms. The molecule has 0 atom stereocenters. The van der Waals surface area contributed by atoms with Crippen LogP contribution in [-0.4, -0.2) is 6.29 Å². The first kappa shape index (κ1) is 9.19. The number of fused-ring (bicyclic) bond motifs is 1. The minimum Gasteiger partial charge on any atom is -0.298 e. The molecule has 1 nitrogen and oxygen atoms in total. The minimum atomic E-state index is 0.658. The molecule has 0 bridgehead atoms. The Morgan fingerprint density at radius 3 is 2.85 bits per heavy atom. The number of hydrogen-bond acceptors (Lipinski definition) is 2. The molecule has 0 aliphatic rings. The first-order valence-corrected chi connectivity index (χ1v) is 5.53. The molecular formula is C9H4BrClOS. The first-order chi connectivity index (χ1) is 6.20. The van der Waals surface area contributed by atoms with Gasteiger partial charge < -0.3 is 0 Å². The minimum absolute atomic E-state index is 0.658. The van der Waals surface area contributed by atoms with Crippen LogP contribution >= 0.6 is 38.9 Å². The number of rotatable bonds is 1. The Morgan fingerprint density at radius 2 is 2.15 bits per heavy atom. The highest BCUT2D eigenvalue weighted by atomic mass is 79.9. The van der Waals surface area contributed by atoms with Gasteiger partial charge >= 0.3 is 0 Å². The normalized spacial score (nSPS) is 10.6. The van der Waals surface area contributed by atoms with Gasteiger partial charge in [0.2, 0.25) is 0 Å². The second-order valence-corrected chi connectivity index (χ2v) is 5.15. The second-order valence-electron chi connectivity index (χ2n) is 2.58. The molecule has 2 rings (SSSR count). The summed E-state index contributed by atoms with van der Waals surface area (Å²) in [7, 11) is 0. The van der Waals surface area contributed by atoms with Crippen molar-refractivity contribution in [3.63, 3.8) is 0 Å². The highest BCUT2D eigenvalue weighted by Crippen LogP contribution is 2.32. The molecule has 0 amide bonds. The standard InChI is InChI=1S/C9H4BrClOS/c10-7-1-5-3-9(11)13-8(5)2-6(7)4-12/h1-4H. The van der Waals surface area contributed by atoms with Gasteiger partial charge in [0.15, 0.2) is 6.29 Å². The summed E-state index contributed by atoms with van der Waals surface area (Å²) in [5, 5.41) is 1.06. The zero-order valence-electron chi connectivity index (χ0n) is 6.38.